The van der Waals surface area contributed by atoms with Crippen LogP contribution in [0.1, 0.15) is 6.92 Å². The highest BCUT2D eigenvalue weighted by molar-refractivity contribution is 7.88. The molecule has 0 unspecified atom stereocenters. The van der Waals surface area contributed by atoms with E-state index in [4.69, 9.17) is 10.5 Å². The molecule has 8 nitrogen and oxygen atoms in total. The highest BCUT2D eigenvalue weighted by Gasteiger charge is 2.25. The molecule has 0 spiro atoms. The number of nitrogens with zero attached hydrogens (tertiary/aromatic N) is 4. The fourth-order valence-corrected chi connectivity index (χ4v) is 2.93. The number of hydrogen-bond donors (Lipinski definition) is 1. The first-order chi connectivity index (χ1) is 9.43. The van der Waals surface area contributed by atoms with Gasteiger partial charge >= 0.3 is 0 Å². The number of nitrogen functional groups attached to an aromatic ring is 1. The summed E-state index contributed by atoms with van der Waals surface area (Å²) in [6.07, 6.45) is 2.62. The first-order valence-electron chi connectivity index (χ1n) is 6.36. The van der Waals surface area contributed by atoms with E-state index >= 15 is 0 Å². The number of nitrogens with two attached hydrogens (primary N) is 1. The summed E-state index contributed by atoms with van der Waals surface area (Å²) in [4.78, 5) is 10.1. The van der Waals surface area contributed by atoms with E-state index < -0.39 is 10.0 Å². The Kier molecular flexibility index (Phi) is 4.29. The van der Waals surface area contributed by atoms with Crippen molar-refractivity contribution in [3.05, 3.63) is 6.33 Å². The van der Waals surface area contributed by atoms with Gasteiger partial charge in [0, 0.05) is 26.2 Å². The van der Waals surface area contributed by atoms with Crippen LogP contribution in [0.4, 0.5) is 11.5 Å². The summed E-state index contributed by atoms with van der Waals surface area (Å²) < 4.78 is 29.7. The van der Waals surface area contributed by atoms with Crippen molar-refractivity contribution in [3.8, 4) is 5.88 Å². The van der Waals surface area contributed by atoms with Crippen LogP contribution in [0.3, 0.4) is 0 Å². The first-order valence-corrected chi connectivity index (χ1v) is 8.21. The van der Waals surface area contributed by atoms with E-state index in [1.165, 1.54) is 16.9 Å². The third-order valence-corrected chi connectivity index (χ3v) is 4.42. The molecular weight excluding hydrogens is 282 g/mol. The van der Waals surface area contributed by atoms with Crippen molar-refractivity contribution in [1.82, 2.24) is 14.3 Å². The monoisotopic (exact) mass is 301 g/mol. The number of sulfonamides is 1. The zero-order valence-electron chi connectivity index (χ0n) is 11.6. The number of hydrogen-bond acceptors (Lipinski definition) is 7. The van der Waals surface area contributed by atoms with E-state index in [0.717, 1.165) is 0 Å². The molecule has 9 heteroatoms. The number of rotatable bonds is 4. The van der Waals surface area contributed by atoms with Gasteiger partial charge in [0.2, 0.25) is 15.9 Å². The lowest BCUT2D eigenvalue weighted by atomic mass is 10.3. The Balaban J connectivity index is 2.13. The second-order valence-electron chi connectivity index (χ2n) is 4.50. The lowest BCUT2D eigenvalue weighted by Crippen LogP contribution is -2.48. The summed E-state index contributed by atoms with van der Waals surface area (Å²) in [7, 11) is -3.14. The van der Waals surface area contributed by atoms with Gasteiger partial charge in [0.25, 0.3) is 0 Å². The maximum atomic E-state index is 11.5. The molecule has 2 heterocycles. The Labute approximate surface area is 118 Å². The first kappa shape index (κ1) is 14.8. The predicted molar refractivity (Wildman–Crippen MR) is 76.2 cm³/mol. The van der Waals surface area contributed by atoms with Gasteiger partial charge in [-0.1, -0.05) is 0 Å². The normalized spacial score (nSPS) is 17.2. The Morgan fingerprint density at radius 2 is 1.95 bits per heavy atom. The molecule has 1 aliphatic rings. The van der Waals surface area contributed by atoms with Gasteiger partial charge in [-0.2, -0.15) is 9.29 Å². The fraction of sp³-hybridized carbons (Fsp3) is 0.636. The third-order valence-electron chi connectivity index (χ3n) is 3.11. The Hall–Kier alpha value is -1.61. The molecule has 2 rings (SSSR count). The van der Waals surface area contributed by atoms with Crippen molar-refractivity contribution in [2.75, 3.05) is 49.7 Å². The Morgan fingerprint density at radius 1 is 1.30 bits per heavy atom. The van der Waals surface area contributed by atoms with Crippen LogP contribution in [0.15, 0.2) is 6.33 Å². The van der Waals surface area contributed by atoms with Crippen LogP contribution in [-0.4, -0.2) is 61.7 Å². The van der Waals surface area contributed by atoms with E-state index in [1.807, 2.05) is 11.8 Å². The van der Waals surface area contributed by atoms with Crippen LogP contribution in [0.25, 0.3) is 0 Å². The van der Waals surface area contributed by atoms with Crippen LogP contribution in [0, 0.1) is 0 Å². The van der Waals surface area contributed by atoms with Gasteiger partial charge in [-0.25, -0.2) is 13.4 Å². The molecule has 0 amide bonds. The summed E-state index contributed by atoms with van der Waals surface area (Å²) in [5.74, 6) is 0.958. The summed E-state index contributed by atoms with van der Waals surface area (Å²) in [5, 5.41) is 0. The van der Waals surface area contributed by atoms with Crippen molar-refractivity contribution in [2.24, 2.45) is 0 Å². The van der Waals surface area contributed by atoms with Crippen molar-refractivity contribution in [1.29, 1.82) is 0 Å². The lowest BCUT2D eigenvalue weighted by molar-refractivity contribution is 0.328. The standard InChI is InChI=1S/C11H19N5O3S/c1-3-19-11-9(12)10(13-8-14-11)15-4-6-16(7-5-15)20(2,17)18/h8H,3-7,12H2,1-2H3. The summed E-state index contributed by atoms with van der Waals surface area (Å²) in [5.41, 5.74) is 6.39. The maximum absolute atomic E-state index is 11.5. The fourth-order valence-electron chi connectivity index (χ4n) is 2.11. The molecule has 0 radical (unpaired) electrons. The molecule has 0 aliphatic carbocycles. The minimum atomic E-state index is -3.14. The zero-order chi connectivity index (χ0) is 14.8. The molecule has 0 aromatic carbocycles. The van der Waals surface area contributed by atoms with Gasteiger partial charge in [-0.15, -0.1) is 0 Å². The van der Waals surface area contributed by atoms with Crippen LogP contribution in [-0.2, 0) is 10.0 Å². The molecule has 20 heavy (non-hydrogen) atoms. The average Bonchev–Trinajstić information content (AvgIpc) is 2.41. The van der Waals surface area contributed by atoms with E-state index in [2.05, 4.69) is 9.97 Å². The van der Waals surface area contributed by atoms with Crippen molar-refractivity contribution < 1.29 is 13.2 Å². The highest BCUT2D eigenvalue weighted by Crippen LogP contribution is 2.28. The molecule has 0 atom stereocenters. The number of anilines is 2. The molecule has 112 valence electrons. The smallest absolute Gasteiger partial charge is 0.242 e. The number of aromatic nitrogens is 2. The third kappa shape index (κ3) is 3.10. The van der Waals surface area contributed by atoms with Crippen LogP contribution < -0.4 is 15.4 Å². The van der Waals surface area contributed by atoms with E-state index in [-0.39, 0.29) is 0 Å². The SMILES string of the molecule is CCOc1ncnc(N2CCN(S(C)(=O)=O)CC2)c1N. The molecule has 0 bridgehead atoms. The molecular formula is C11H19N5O3S. The predicted octanol–water partition coefficient (Wildman–Crippen LogP) is -0.461. The van der Waals surface area contributed by atoms with Crippen molar-refractivity contribution >= 4 is 21.5 Å². The molecule has 1 aromatic rings. The second-order valence-corrected chi connectivity index (χ2v) is 6.48. The van der Waals surface area contributed by atoms with E-state index in [9.17, 15) is 8.42 Å². The molecule has 2 N–H and O–H groups in total. The quantitative estimate of drug-likeness (QED) is 0.802. The molecule has 0 saturated carbocycles. The van der Waals surface area contributed by atoms with Gasteiger partial charge in [-0.05, 0) is 6.92 Å². The molecule has 1 aromatic heterocycles. The summed E-state index contributed by atoms with van der Waals surface area (Å²) in [6.45, 7) is 4.26. The van der Waals surface area contributed by atoms with Crippen LogP contribution in [0.2, 0.25) is 0 Å². The van der Waals surface area contributed by atoms with Crippen LogP contribution in [0.5, 0.6) is 5.88 Å². The van der Waals surface area contributed by atoms with Gasteiger partial charge in [0.05, 0.1) is 12.9 Å². The number of ether oxygens (including phenoxy) is 1. The minimum Gasteiger partial charge on any atom is -0.476 e. The minimum absolute atomic E-state index is 0.364. The maximum Gasteiger partial charge on any atom is 0.242 e. The zero-order valence-corrected chi connectivity index (χ0v) is 12.4. The highest BCUT2D eigenvalue weighted by atomic mass is 32.2. The second kappa shape index (κ2) is 5.80. The molecule has 1 fully saturated rings. The molecule has 1 aliphatic heterocycles. The van der Waals surface area contributed by atoms with Crippen molar-refractivity contribution in [2.45, 2.75) is 6.92 Å². The van der Waals surface area contributed by atoms with Gasteiger partial charge in [0.15, 0.2) is 5.82 Å². The summed E-state index contributed by atoms with van der Waals surface area (Å²) >= 11 is 0. The van der Waals surface area contributed by atoms with Gasteiger partial charge < -0.3 is 15.4 Å². The van der Waals surface area contributed by atoms with Crippen molar-refractivity contribution in [3.63, 3.8) is 0 Å². The largest absolute Gasteiger partial charge is 0.476 e. The van der Waals surface area contributed by atoms with E-state index in [1.54, 1.807) is 0 Å². The Morgan fingerprint density at radius 3 is 2.50 bits per heavy atom. The summed E-state index contributed by atoms with van der Waals surface area (Å²) in [6, 6.07) is 0. The lowest BCUT2D eigenvalue weighted by Gasteiger charge is -2.34. The molecule has 1 saturated heterocycles. The van der Waals surface area contributed by atoms with E-state index in [0.29, 0.717) is 50.2 Å². The van der Waals surface area contributed by atoms with Gasteiger partial charge in [0.1, 0.15) is 12.0 Å². The van der Waals surface area contributed by atoms with Gasteiger partial charge in [-0.3, -0.25) is 0 Å². The Bertz CT molecular complexity index is 569. The topological polar surface area (TPSA) is 102 Å². The van der Waals surface area contributed by atoms with Crippen LogP contribution >= 0.6 is 0 Å². The number of piperazine rings is 1. The average molecular weight is 301 g/mol.